The minimum Gasteiger partial charge on any atom is -0.478 e. The van der Waals surface area contributed by atoms with Gasteiger partial charge in [0.2, 0.25) is 0 Å². The predicted molar refractivity (Wildman–Crippen MR) is 120 cm³/mol. The van der Waals surface area contributed by atoms with Gasteiger partial charge in [0.05, 0.1) is 18.1 Å². The molecule has 1 fully saturated rings. The summed E-state index contributed by atoms with van der Waals surface area (Å²) in [6.07, 6.45) is 0. The van der Waals surface area contributed by atoms with E-state index in [2.05, 4.69) is 52.2 Å². The number of nitrogens with zero attached hydrogens (tertiary/aromatic N) is 4. The van der Waals surface area contributed by atoms with Crippen molar-refractivity contribution in [2.45, 2.75) is 13.8 Å². The smallest absolute Gasteiger partial charge is 0.323 e. The molecule has 1 aliphatic heterocycles. The molecule has 2 heterocycles. The average Bonchev–Trinajstić information content (AvgIpc) is 2.73. The number of nitrogens with one attached hydrogen (secondary N) is 1. The van der Waals surface area contributed by atoms with Crippen LogP contribution in [-0.2, 0) is 0 Å². The van der Waals surface area contributed by atoms with Gasteiger partial charge in [-0.1, -0.05) is 29.8 Å². The van der Waals surface area contributed by atoms with Crippen LogP contribution in [0.1, 0.15) is 11.1 Å². The summed E-state index contributed by atoms with van der Waals surface area (Å²) in [6, 6.07) is 11.3. The Morgan fingerprint density at radius 3 is 2.40 bits per heavy atom. The van der Waals surface area contributed by atoms with E-state index in [1.54, 1.807) is 23.1 Å². The molecule has 8 heteroatoms. The Morgan fingerprint density at radius 2 is 1.73 bits per heavy atom. The topological polar surface area (TPSA) is 70.6 Å². The quantitative estimate of drug-likeness (QED) is 0.678. The number of aryl methyl sites for hydroxylation is 2. The molecular formula is C22H24ClN5O2. The van der Waals surface area contributed by atoms with E-state index in [4.69, 9.17) is 16.3 Å². The lowest BCUT2D eigenvalue weighted by atomic mass is 10.1. The fourth-order valence-electron chi connectivity index (χ4n) is 3.85. The van der Waals surface area contributed by atoms with Crippen molar-refractivity contribution in [3.05, 3.63) is 52.5 Å². The molecular weight excluding hydrogens is 402 g/mol. The molecule has 0 bridgehead atoms. The highest BCUT2D eigenvalue weighted by Gasteiger charge is 2.24. The molecule has 1 aromatic heterocycles. The number of ether oxygens (including phenoxy) is 1. The van der Waals surface area contributed by atoms with Crippen LogP contribution in [0.3, 0.4) is 0 Å². The Kier molecular flexibility index (Phi) is 5.63. The number of piperazine rings is 1. The number of carbonyl (C=O) groups is 1. The van der Waals surface area contributed by atoms with Crippen molar-refractivity contribution in [2.24, 2.45) is 0 Å². The van der Waals surface area contributed by atoms with Crippen LogP contribution in [0.2, 0.25) is 5.02 Å². The van der Waals surface area contributed by atoms with E-state index >= 15 is 0 Å². The second-order valence-electron chi connectivity index (χ2n) is 7.36. The lowest BCUT2D eigenvalue weighted by Gasteiger charge is -2.37. The molecule has 1 aliphatic rings. The number of urea groups is 1. The van der Waals surface area contributed by atoms with Gasteiger partial charge in [-0.05, 0) is 43.2 Å². The maximum absolute atomic E-state index is 12.9. The van der Waals surface area contributed by atoms with Gasteiger partial charge in [-0.25, -0.2) is 14.8 Å². The first-order valence-corrected chi connectivity index (χ1v) is 10.2. The van der Waals surface area contributed by atoms with Gasteiger partial charge in [0.1, 0.15) is 0 Å². The summed E-state index contributed by atoms with van der Waals surface area (Å²) in [4.78, 5) is 25.9. The zero-order chi connectivity index (χ0) is 21.3. The molecule has 0 aliphatic carbocycles. The number of carbonyl (C=O) groups excluding carboxylic acids is 1. The van der Waals surface area contributed by atoms with Crippen LogP contribution in [0.25, 0.3) is 11.0 Å². The van der Waals surface area contributed by atoms with Gasteiger partial charge in [0.25, 0.3) is 5.88 Å². The van der Waals surface area contributed by atoms with Gasteiger partial charge in [-0.2, -0.15) is 0 Å². The molecule has 7 nitrogen and oxygen atoms in total. The van der Waals surface area contributed by atoms with Crippen LogP contribution in [0.15, 0.2) is 36.4 Å². The second kappa shape index (κ2) is 8.36. The number of rotatable bonds is 3. The normalized spacial score (nSPS) is 14.1. The van der Waals surface area contributed by atoms with Crippen molar-refractivity contribution >= 4 is 40.2 Å². The van der Waals surface area contributed by atoms with Crippen molar-refractivity contribution in [3.8, 4) is 5.88 Å². The number of fused-ring (bicyclic) bond motifs is 1. The minimum atomic E-state index is -0.211. The standard InChI is InChI=1S/C22H24ClN5O2/c1-14-5-4-6-15(2)19(14)27-9-11-28(12-10-27)22(29)26-20-21(30-3)25-18-13-16(23)7-8-17(18)24-20/h4-8,13H,9-12H2,1-3H3,(H,24,26,29). The number of amides is 2. The van der Waals surface area contributed by atoms with E-state index in [-0.39, 0.29) is 11.9 Å². The van der Waals surface area contributed by atoms with Gasteiger partial charge in [-0.15, -0.1) is 0 Å². The Balaban J connectivity index is 1.47. The number of hydrogen-bond acceptors (Lipinski definition) is 5. The molecule has 0 radical (unpaired) electrons. The van der Waals surface area contributed by atoms with Crippen LogP contribution < -0.4 is 15.0 Å². The van der Waals surface area contributed by atoms with Crippen LogP contribution in [-0.4, -0.2) is 54.2 Å². The van der Waals surface area contributed by atoms with Crippen molar-refractivity contribution in [3.63, 3.8) is 0 Å². The Morgan fingerprint density at radius 1 is 1.03 bits per heavy atom. The third-order valence-electron chi connectivity index (χ3n) is 5.34. The highest BCUT2D eigenvalue weighted by Crippen LogP contribution is 2.27. The molecule has 0 unspecified atom stereocenters. The first-order chi connectivity index (χ1) is 14.5. The zero-order valence-electron chi connectivity index (χ0n) is 17.3. The average molecular weight is 426 g/mol. The predicted octanol–water partition coefficient (Wildman–Crippen LogP) is 4.26. The minimum absolute atomic E-state index is 0.211. The maximum atomic E-state index is 12.9. The van der Waals surface area contributed by atoms with Crippen molar-refractivity contribution in [1.29, 1.82) is 0 Å². The van der Waals surface area contributed by atoms with E-state index in [1.165, 1.54) is 23.9 Å². The molecule has 30 heavy (non-hydrogen) atoms. The van der Waals surface area contributed by atoms with Gasteiger partial charge >= 0.3 is 6.03 Å². The summed E-state index contributed by atoms with van der Waals surface area (Å²) < 4.78 is 5.32. The molecule has 0 atom stereocenters. The number of hydrogen-bond donors (Lipinski definition) is 1. The number of para-hydroxylation sites is 1. The summed E-state index contributed by atoms with van der Waals surface area (Å²) in [6.45, 7) is 7.05. The molecule has 1 saturated heterocycles. The van der Waals surface area contributed by atoms with Crippen LogP contribution in [0.4, 0.5) is 16.3 Å². The number of anilines is 2. The molecule has 2 aromatic carbocycles. The monoisotopic (exact) mass is 425 g/mol. The molecule has 4 rings (SSSR count). The first kappa shape index (κ1) is 20.2. The second-order valence-corrected chi connectivity index (χ2v) is 7.80. The van der Waals surface area contributed by atoms with Crippen LogP contribution in [0, 0.1) is 13.8 Å². The molecule has 1 N–H and O–H groups in total. The first-order valence-electron chi connectivity index (χ1n) is 9.84. The van der Waals surface area contributed by atoms with Gasteiger partial charge < -0.3 is 14.5 Å². The number of halogens is 1. The number of methoxy groups -OCH3 is 1. The summed E-state index contributed by atoms with van der Waals surface area (Å²) in [7, 11) is 1.50. The molecule has 0 spiro atoms. The fraction of sp³-hybridized carbons (Fsp3) is 0.318. The van der Waals surface area contributed by atoms with Crippen LogP contribution >= 0.6 is 11.6 Å². The van der Waals surface area contributed by atoms with Gasteiger partial charge in [-0.3, -0.25) is 5.32 Å². The van der Waals surface area contributed by atoms with E-state index in [9.17, 15) is 4.79 Å². The molecule has 156 valence electrons. The highest BCUT2D eigenvalue weighted by atomic mass is 35.5. The van der Waals surface area contributed by atoms with Crippen LogP contribution in [0.5, 0.6) is 5.88 Å². The van der Waals surface area contributed by atoms with Crippen molar-refractivity contribution in [1.82, 2.24) is 14.9 Å². The SMILES string of the molecule is COc1nc2cc(Cl)ccc2nc1NC(=O)N1CCN(c2c(C)cccc2C)CC1. The van der Waals surface area contributed by atoms with E-state index < -0.39 is 0 Å². The van der Waals surface area contributed by atoms with Crippen molar-refractivity contribution < 1.29 is 9.53 Å². The lowest BCUT2D eigenvalue weighted by Crippen LogP contribution is -2.50. The summed E-state index contributed by atoms with van der Waals surface area (Å²) in [5.74, 6) is 0.557. The number of benzene rings is 2. The Labute approximate surface area is 180 Å². The lowest BCUT2D eigenvalue weighted by molar-refractivity contribution is 0.208. The van der Waals surface area contributed by atoms with E-state index in [0.717, 1.165) is 13.1 Å². The van der Waals surface area contributed by atoms with E-state index in [0.29, 0.717) is 35.0 Å². The summed E-state index contributed by atoms with van der Waals surface area (Å²) in [5.41, 5.74) is 5.02. The van der Waals surface area contributed by atoms with E-state index in [1.807, 2.05) is 0 Å². The third-order valence-corrected chi connectivity index (χ3v) is 5.57. The zero-order valence-corrected chi connectivity index (χ0v) is 18.0. The molecule has 3 aromatic rings. The Bertz CT molecular complexity index is 1080. The largest absolute Gasteiger partial charge is 0.478 e. The highest BCUT2D eigenvalue weighted by molar-refractivity contribution is 6.31. The summed E-state index contributed by atoms with van der Waals surface area (Å²) >= 11 is 6.03. The summed E-state index contributed by atoms with van der Waals surface area (Å²) in [5, 5.41) is 3.42. The van der Waals surface area contributed by atoms with Crippen molar-refractivity contribution in [2.75, 3.05) is 43.5 Å². The maximum Gasteiger partial charge on any atom is 0.323 e. The molecule has 2 amide bonds. The number of aromatic nitrogens is 2. The van der Waals surface area contributed by atoms with Gasteiger partial charge in [0, 0.05) is 36.9 Å². The molecule has 0 saturated carbocycles. The third kappa shape index (κ3) is 3.98. The fourth-order valence-corrected chi connectivity index (χ4v) is 4.02. The Hall–Kier alpha value is -3.06. The van der Waals surface area contributed by atoms with Gasteiger partial charge in [0.15, 0.2) is 5.82 Å².